The second-order valence-corrected chi connectivity index (χ2v) is 12.5. The Morgan fingerprint density at radius 3 is 2.33 bits per heavy atom. The lowest BCUT2D eigenvalue weighted by Gasteiger charge is -2.29. The van der Waals surface area contributed by atoms with Crippen LogP contribution in [0, 0.1) is 0 Å². The molecule has 0 radical (unpaired) electrons. The molecular formula is C29H29Cl2N3O7S. The van der Waals surface area contributed by atoms with Crippen LogP contribution in [0.25, 0.3) is 0 Å². The molecule has 2 N–H and O–H groups in total. The van der Waals surface area contributed by atoms with E-state index in [0.717, 1.165) is 6.07 Å². The lowest BCUT2D eigenvalue weighted by molar-refractivity contribution is -0.149. The monoisotopic (exact) mass is 633 g/mol. The number of fused-ring (bicyclic) bond motifs is 1. The Bertz CT molecular complexity index is 1690. The van der Waals surface area contributed by atoms with Crippen LogP contribution in [0.1, 0.15) is 42.3 Å². The molecule has 42 heavy (non-hydrogen) atoms. The first-order valence-corrected chi connectivity index (χ1v) is 15.0. The van der Waals surface area contributed by atoms with Crippen molar-refractivity contribution < 1.29 is 32.3 Å². The van der Waals surface area contributed by atoms with Gasteiger partial charge < -0.3 is 14.8 Å². The number of likely N-dealkylation sites (N-methyl/N-ethyl adjacent to an activating group) is 1. The Morgan fingerprint density at radius 2 is 1.71 bits per heavy atom. The van der Waals surface area contributed by atoms with Gasteiger partial charge in [-0.3, -0.25) is 14.9 Å². The third-order valence-electron chi connectivity index (χ3n) is 6.90. The molecule has 0 bridgehead atoms. The van der Waals surface area contributed by atoms with Crippen molar-refractivity contribution >= 4 is 56.7 Å². The molecule has 0 saturated carbocycles. The average Bonchev–Trinajstić information content (AvgIpc) is 3.20. The third kappa shape index (κ3) is 5.11. The highest BCUT2D eigenvalue weighted by molar-refractivity contribution is 7.93. The zero-order valence-electron chi connectivity index (χ0n) is 23.4. The Balaban J connectivity index is 1.82. The van der Waals surface area contributed by atoms with Gasteiger partial charge in [0.15, 0.2) is 5.54 Å². The van der Waals surface area contributed by atoms with Gasteiger partial charge in [0.25, 0.3) is 21.8 Å². The molecule has 0 aromatic heterocycles. The van der Waals surface area contributed by atoms with Gasteiger partial charge in [-0.1, -0.05) is 41.4 Å². The van der Waals surface area contributed by atoms with Gasteiger partial charge in [0.05, 0.1) is 19.4 Å². The topological polar surface area (TPSA) is 131 Å². The van der Waals surface area contributed by atoms with E-state index in [1.807, 2.05) is 0 Å². The van der Waals surface area contributed by atoms with Crippen molar-refractivity contribution in [2.75, 3.05) is 25.1 Å². The molecule has 13 heteroatoms. The highest BCUT2D eigenvalue weighted by Crippen LogP contribution is 2.49. The van der Waals surface area contributed by atoms with E-state index in [0.29, 0.717) is 9.87 Å². The number of carbonyl (C=O) groups excluding carboxylic acids is 3. The lowest BCUT2D eigenvalue weighted by atomic mass is 9.84. The highest BCUT2D eigenvalue weighted by Gasteiger charge is 2.56. The molecule has 1 aliphatic heterocycles. The number of halogens is 2. The summed E-state index contributed by atoms with van der Waals surface area (Å²) in [7, 11) is -1.87. The number of rotatable bonds is 9. The van der Waals surface area contributed by atoms with Crippen LogP contribution in [0.4, 0.5) is 5.69 Å². The van der Waals surface area contributed by atoms with Gasteiger partial charge in [-0.25, -0.2) is 17.5 Å². The molecule has 222 valence electrons. The molecule has 0 saturated heterocycles. The molecule has 2 amide bonds. The minimum atomic E-state index is -4.63. The van der Waals surface area contributed by atoms with Crippen molar-refractivity contribution in [1.82, 2.24) is 10.6 Å². The molecule has 3 aromatic rings. The van der Waals surface area contributed by atoms with Crippen LogP contribution in [0.5, 0.6) is 5.75 Å². The first kappa shape index (κ1) is 31.3. The van der Waals surface area contributed by atoms with Crippen LogP contribution < -0.4 is 19.7 Å². The second-order valence-electron chi connectivity index (χ2n) is 9.88. The number of hydrogen-bond acceptors (Lipinski definition) is 8. The number of carbonyl (C=O) groups is 3. The van der Waals surface area contributed by atoms with E-state index in [1.54, 1.807) is 31.2 Å². The minimum Gasteiger partial charge on any atom is -0.495 e. The molecule has 1 unspecified atom stereocenters. The molecule has 1 aliphatic rings. The first-order valence-electron chi connectivity index (χ1n) is 12.8. The summed E-state index contributed by atoms with van der Waals surface area (Å²) in [6, 6.07) is 14.7. The van der Waals surface area contributed by atoms with Crippen molar-refractivity contribution in [1.29, 1.82) is 0 Å². The van der Waals surface area contributed by atoms with Crippen molar-refractivity contribution in [2.45, 2.75) is 36.7 Å². The van der Waals surface area contributed by atoms with Crippen LogP contribution in [-0.2, 0) is 29.9 Å². The number of ether oxygens (including phenoxy) is 2. The SMILES string of the molecule is CCOC(=O)C(C)(C)NC(=O)c1ccc(S(=O)(=O)N2C(=O)C(NC)(c3ccccc3Cl)c3cc(Cl)ccc32)c(OC)c1. The zero-order valence-corrected chi connectivity index (χ0v) is 25.8. The maximum atomic E-state index is 14.3. The minimum absolute atomic E-state index is 0.0174. The Morgan fingerprint density at radius 1 is 1.02 bits per heavy atom. The number of nitrogens with zero attached hydrogens (tertiary/aromatic N) is 1. The van der Waals surface area contributed by atoms with Crippen LogP contribution in [0.15, 0.2) is 65.6 Å². The quantitative estimate of drug-likeness (QED) is 0.334. The molecule has 10 nitrogen and oxygen atoms in total. The average molecular weight is 635 g/mol. The molecule has 0 fully saturated rings. The van der Waals surface area contributed by atoms with Gasteiger partial charge in [0.2, 0.25) is 0 Å². The summed E-state index contributed by atoms with van der Waals surface area (Å²) in [5.41, 5.74) is -2.33. The predicted octanol–water partition coefficient (Wildman–Crippen LogP) is 4.27. The second kappa shape index (κ2) is 11.6. The third-order valence-corrected chi connectivity index (χ3v) is 9.20. The lowest BCUT2D eigenvalue weighted by Crippen LogP contribution is -2.51. The van der Waals surface area contributed by atoms with E-state index >= 15 is 0 Å². The summed E-state index contributed by atoms with van der Waals surface area (Å²) in [5.74, 6) is -2.34. The zero-order chi connectivity index (χ0) is 31.0. The fourth-order valence-electron chi connectivity index (χ4n) is 4.84. The molecular weight excluding hydrogens is 605 g/mol. The van der Waals surface area contributed by atoms with Crippen LogP contribution >= 0.6 is 23.2 Å². The summed E-state index contributed by atoms with van der Waals surface area (Å²) in [6.45, 7) is 4.74. The number of hydrogen-bond donors (Lipinski definition) is 2. The Labute approximate surface area is 253 Å². The van der Waals surface area contributed by atoms with Gasteiger partial charge >= 0.3 is 5.97 Å². The molecule has 1 heterocycles. The predicted molar refractivity (Wildman–Crippen MR) is 159 cm³/mol. The Hall–Kier alpha value is -3.64. The van der Waals surface area contributed by atoms with Gasteiger partial charge in [-0.05, 0) is 70.3 Å². The summed E-state index contributed by atoms with van der Waals surface area (Å²) in [5, 5.41) is 6.09. The van der Waals surface area contributed by atoms with Gasteiger partial charge in [-0.15, -0.1) is 0 Å². The van der Waals surface area contributed by atoms with Crippen LogP contribution in [-0.4, -0.2) is 52.5 Å². The summed E-state index contributed by atoms with van der Waals surface area (Å²) in [4.78, 5) is 39.1. The van der Waals surface area contributed by atoms with Crippen molar-refractivity contribution in [2.24, 2.45) is 0 Å². The van der Waals surface area contributed by atoms with Gasteiger partial charge in [-0.2, -0.15) is 0 Å². The standard InChI is InChI=1S/C29H29Cl2N3O7S/c1-6-41-27(37)28(2,3)33-25(35)17-11-14-24(23(15-17)40-5)42(38,39)34-22-13-12-18(30)16-20(22)29(32-4,26(34)36)19-9-7-8-10-21(19)31/h7-16,32H,6H2,1-5H3,(H,33,35). The fraction of sp³-hybridized carbons (Fsp3) is 0.276. The first-order chi connectivity index (χ1) is 19.8. The van der Waals surface area contributed by atoms with E-state index in [9.17, 15) is 22.8 Å². The highest BCUT2D eigenvalue weighted by atomic mass is 35.5. The normalized spacial score (nSPS) is 16.6. The molecule has 0 aliphatic carbocycles. The van der Waals surface area contributed by atoms with E-state index in [1.165, 1.54) is 58.3 Å². The van der Waals surface area contributed by atoms with Crippen LogP contribution in [0.2, 0.25) is 10.0 Å². The largest absolute Gasteiger partial charge is 0.495 e. The number of sulfonamides is 1. The summed E-state index contributed by atoms with van der Waals surface area (Å²) in [6.07, 6.45) is 0. The van der Waals surface area contributed by atoms with Crippen LogP contribution in [0.3, 0.4) is 0 Å². The van der Waals surface area contributed by atoms with Gasteiger partial charge in [0, 0.05) is 26.7 Å². The number of methoxy groups -OCH3 is 1. The molecule has 4 rings (SSSR count). The summed E-state index contributed by atoms with van der Waals surface area (Å²) >= 11 is 12.8. The molecule has 1 atom stereocenters. The van der Waals surface area contributed by atoms with Gasteiger partial charge in [0.1, 0.15) is 16.2 Å². The van der Waals surface area contributed by atoms with E-state index in [2.05, 4.69) is 10.6 Å². The molecule has 0 spiro atoms. The van der Waals surface area contributed by atoms with Crippen molar-refractivity contribution in [3.05, 3.63) is 87.4 Å². The van der Waals surface area contributed by atoms with Crippen molar-refractivity contribution in [3.8, 4) is 5.75 Å². The number of benzene rings is 3. The number of esters is 1. The Kier molecular flexibility index (Phi) is 8.62. The number of amides is 2. The smallest absolute Gasteiger partial charge is 0.331 e. The maximum Gasteiger partial charge on any atom is 0.331 e. The molecule has 3 aromatic carbocycles. The van der Waals surface area contributed by atoms with E-state index < -0.39 is 38.9 Å². The number of nitrogens with one attached hydrogen (secondary N) is 2. The van der Waals surface area contributed by atoms with Crippen molar-refractivity contribution in [3.63, 3.8) is 0 Å². The van der Waals surface area contributed by atoms with E-state index in [-0.39, 0.29) is 44.1 Å². The van der Waals surface area contributed by atoms with E-state index in [4.69, 9.17) is 32.7 Å². The summed E-state index contributed by atoms with van der Waals surface area (Å²) < 4.78 is 39.5. The maximum absolute atomic E-state index is 14.3. The number of anilines is 1. The fourth-order valence-corrected chi connectivity index (χ4v) is 6.90.